The molecule has 1 saturated heterocycles. The molecule has 2 aliphatic rings. The van der Waals surface area contributed by atoms with Crippen LogP contribution in [0.5, 0.6) is 0 Å². The average Bonchev–Trinajstić information content (AvgIpc) is 3.00. The van der Waals surface area contributed by atoms with Crippen molar-refractivity contribution < 1.29 is 0 Å². The third kappa shape index (κ3) is 3.96. The van der Waals surface area contributed by atoms with Crippen LogP contribution in [0.25, 0.3) is 0 Å². The van der Waals surface area contributed by atoms with Crippen molar-refractivity contribution in [3.05, 3.63) is 0 Å². The first-order valence-electron chi connectivity index (χ1n) is 7.53. The Balaban J connectivity index is 1.89. The van der Waals surface area contributed by atoms with E-state index in [2.05, 4.69) is 37.9 Å². The lowest BCUT2D eigenvalue weighted by molar-refractivity contribution is 0.0876. The van der Waals surface area contributed by atoms with Gasteiger partial charge in [0, 0.05) is 31.7 Å². The van der Waals surface area contributed by atoms with E-state index in [1.165, 1.54) is 38.9 Å². The summed E-state index contributed by atoms with van der Waals surface area (Å²) in [5.41, 5.74) is 0. The highest BCUT2D eigenvalue weighted by atomic mass is 15.2. The Kier molecular flexibility index (Phi) is 4.48. The number of nitrogens with zero attached hydrogens (tertiary/aromatic N) is 1. The van der Waals surface area contributed by atoms with Crippen LogP contribution in [0.1, 0.15) is 47.0 Å². The van der Waals surface area contributed by atoms with Crippen molar-refractivity contribution in [1.29, 1.82) is 0 Å². The van der Waals surface area contributed by atoms with Crippen LogP contribution in [0.2, 0.25) is 0 Å². The molecule has 2 unspecified atom stereocenters. The summed E-state index contributed by atoms with van der Waals surface area (Å²) in [6, 6.07) is 1.49. The largest absolute Gasteiger partial charge is 0.311 e. The van der Waals surface area contributed by atoms with E-state index in [0.29, 0.717) is 0 Å². The van der Waals surface area contributed by atoms with E-state index in [0.717, 1.165) is 29.8 Å². The van der Waals surface area contributed by atoms with E-state index < -0.39 is 0 Å². The molecule has 0 radical (unpaired) electrons. The van der Waals surface area contributed by atoms with Crippen LogP contribution in [-0.4, -0.2) is 36.6 Å². The smallest absolute Gasteiger partial charge is 0.0244 e. The number of rotatable bonds is 5. The number of nitrogens with one attached hydrogen (secondary N) is 1. The van der Waals surface area contributed by atoms with Crippen LogP contribution < -0.4 is 5.32 Å². The molecule has 0 amide bonds. The molecule has 2 nitrogen and oxygen atoms in total. The van der Waals surface area contributed by atoms with Crippen molar-refractivity contribution in [3.63, 3.8) is 0 Å². The van der Waals surface area contributed by atoms with Gasteiger partial charge in [-0.15, -0.1) is 0 Å². The van der Waals surface area contributed by atoms with Crippen LogP contribution in [0.4, 0.5) is 0 Å². The van der Waals surface area contributed by atoms with Crippen molar-refractivity contribution in [1.82, 2.24) is 10.2 Å². The number of hydrogen-bond acceptors (Lipinski definition) is 2. The molecule has 1 heterocycles. The molecule has 0 aromatic rings. The first-order chi connectivity index (χ1) is 8.06. The molecule has 0 bridgehead atoms. The van der Waals surface area contributed by atoms with Crippen molar-refractivity contribution in [2.75, 3.05) is 19.6 Å². The Morgan fingerprint density at radius 3 is 2.41 bits per heavy atom. The minimum absolute atomic E-state index is 0.726. The van der Waals surface area contributed by atoms with E-state index in [4.69, 9.17) is 0 Å². The Morgan fingerprint density at radius 2 is 1.88 bits per heavy atom. The van der Waals surface area contributed by atoms with Gasteiger partial charge in [0.1, 0.15) is 0 Å². The Morgan fingerprint density at radius 1 is 1.18 bits per heavy atom. The first-order valence-corrected chi connectivity index (χ1v) is 7.53. The molecule has 2 heteroatoms. The minimum Gasteiger partial charge on any atom is -0.311 e. The lowest BCUT2D eigenvalue weighted by Crippen LogP contribution is -2.58. The monoisotopic (exact) mass is 238 g/mol. The molecule has 1 saturated carbocycles. The topological polar surface area (TPSA) is 15.3 Å². The fourth-order valence-corrected chi connectivity index (χ4v) is 3.13. The fraction of sp³-hybridized carbons (Fsp3) is 1.00. The normalized spacial score (nSPS) is 31.4. The average molecular weight is 238 g/mol. The van der Waals surface area contributed by atoms with E-state index in [1.807, 2.05) is 0 Å². The first kappa shape index (κ1) is 13.4. The molecular weight excluding hydrogens is 208 g/mol. The highest BCUT2D eigenvalue weighted by molar-refractivity contribution is 4.90. The second kappa shape index (κ2) is 5.71. The Bertz CT molecular complexity index is 233. The molecule has 0 aromatic heterocycles. The summed E-state index contributed by atoms with van der Waals surface area (Å²) >= 11 is 0. The van der Waals surface area contributed by atoms with Crippen LogP contribution in [0, 0.1) is 17.8 Å². The summed E-state index contributed by atoms with van der Waals surface area (Å²) in [6.45, 7) is 13.2. The summed E-state index contributed by atoms with van der Waals surface area (Å²) in [4.78, 5) is 2.78. The van der Waals surface area contributed by atoms with Gasteiger partial charge in [-0.2, -0.15) is 0 Å². The maximum Gasteiger partial charge on any atom is 0.0244 e. The predicted molar refractivity (Wildman–Crippen MR) is 74.2 cm³/mol. The summed E-state index contributed by atoms with van der Waals surface area (Å²) in [5.74, 6) is 2.61. The summed E-state index contributed by atoms with van der Waals surface area (Å²) in [7, 11) is 0. The molecule has 1 aliphatic heterocycles. The fourth-order valence-electron chi connectivity index (χ4n) is 3.13. The number of hydrogen-bond donors (Lipinski definition) is 1. The van der Waals surface area contributed by atoms with Crippen LogP contribution in [0.3, 0.4) is 0 Å². The van der Waals surface area contributed by atoms with Gasteiger partial charge in [0.25, 0.3) is 0 Å². The van der Waals surface area contributed by atoms with Crippen LogP contribution in [-0.2, 0) is 0 Å². The molecule has 0 spiro atoms. The van der Waals surface area contributed by atoms with E-state index in [-0.39, 0.29) is 0 Å². The molecule has 0 aromatic carbocycles. The van der Waals surface area contributed by atoms with Gasteiger partial charge >= 0.3 is 0 Å². The molecule has 2 atom stereocenters. The maximum absolute atomic E-state index is 3.76. The molecule has 1 aliphatic carbocycles. The Hall–Kier alpha value is -0.0800. The van der Waals surface area contributed by atoms with E-state index in [9.17, 15) is 0 Å². The third-order valence-electron chi connectivity index (χ3n) is 4.25. The van der Waals surface area contributed by atoms with Gasteiger partial charge in [0.2, 0.25) is 0 Å². The van der Waals surface area contributed by atoms with Gasteiger partial charge in [-0.3, -0.25) is 4.90 Å². The zero-order chi connectivity index (χ0) is 12.4. The third-order valence-corrected chi connectivity index (χ3v) is 4.25. The van der Waals surface area contributed by atoms with Gasteiger partial charge in [0.15, 0.2) is 0 Å². The molecule has 17 heavy (non-hydrogen) atoms. The second-order valence-corrected chi connectivity index (χ2v) is 6.94. The quantitative estimate of drug-likeness (QED) is 0.792. The van der Waals surface area contributed by atoms with Crippen LogP contribution >= 0.6 is 0 Å². The lowest BCUT2D eigenvalue weighted by atomic mass is 9.94. The van der Waals surface area contributed by atoms with Crippen molar-refractivity contribution in [2.24, 2.45) is 17.8 Å². The maximum atomic E-state index is 3.76. The van der Waals surface area contributed by atoms with Crippen molar-refractivity contribution in [2.45, 2.75) is 59.0 Å². The van der Waals surface area contributed by atoms with E-state index >= 15 is 0 Å². The molecule has 2 rings (SSSR count). The number of piperazine rings is 1. The van der Waals surface area contributed by atoms with Gasteiger partial charge in [0.05, 0.1) is 0 Å². The molecular formula is C15H30N2. The zero-order valence-corrected chi connectivity index (χ0v) is 12.1. The highest BCUT2D eigenvalue weighted by Crippen LogP contribution is 2.32. The predicted octanol–water partition coefficient (Wildman–Crippen LogP) is 2.74. The Labute approximate surface area is 107 Å². The molecule has 2 fully saturated rings. The summed E-state index contributed by atoms with van der Waals surface area (Å²) in [6.07, 6.45) is 4.28. The minimum atomic E-state index is 0.726. The zero-order valence-electron chi connectivity index (χ0n) is 12.1. The van der Waals surface area contributed by atoms with Crippen molar-refractivity contribution in [3.8, 4) is 0 Å². The van der Waals surface area contributed by atoms with Gasteiger partial charge in [-0.1, -0.05) is 27.7 Å². The lowest BCUT2D eigenvalue weighted by Gasteiger charge is -2.43. The highest BCUT2D eigenvalue weighted by Gasteiger charge is 2.33. The van der Waals surface area contributed by atoms with Gasteiger partial charge in [-0.05, 0) is 37.0 Å². The molecule has 100 valence electrons. The van der Waals surface area contributed by atoms with Crippen molar-refractivity contribution >= 4 is 0 Å². The van der Waals surface area contributed by atoms with Gasteiger partial charge in [-0.25, -0.2) is 0 Å². The summed E-state index contributed by atoms with van der Waals surface area (Å²) < 4.78 is 0. The van der Waals surface area contributed by atoms with Crippen LogP contribution in [0.15, 0.2) is 0 Å². The standard InChI is InChI=1S/C15H30N2/c1-11(2)7-14-10-17(9-13-5-6-13)15(8-16-14)12(3)4/h11-16H,5-10H2,1-4H3. The summed E-state index contributed by atoms with van der Waals surface area (Å²) in [5, 5.41) is 3.76. The van der Waals surface area contributed by atoms with Gasteiger partial charge < -0.3 is 5.32 Å². The molecule has 1 N–H and O–H groups in total. The SMILES string of the molecule is CC(C)CC1CN(CC2CC2)C(C(C)C)CN1. The van der Waals surface area contributed by atoms with E-state index in [1.54, 1.807) is 0 Å². The second-order valence-electron chi connectivity index (χ2n) is 6.94.